The van der Waals surface area contributed by atoms with Crippen LogP contribution in [0.3, 0.4) is 0 Å². The van der Waals surface area contributed by atoms with E-state index in [0.29, 0.717) is 16.6 Å². The highest BCUT2D eigenvalue weighted by atomic mass is 35.5. The predicted molar refractivity (Wildman–Crippen MR) is 139 cm³/mol. The number of hydrogen-bond acceptors (Lipinski definition) is 5. The summed E-state index contributed by atoms with van der Waals surface area (Å²) in [7, 11) is 1.57. The number of aromatic nitrogens is 3. The van der Waals surface area contributed by atoms with Gasteiger partial charge in [-0.1, -0.05) is 35.9 Å². The number of methoxy groups -OCH3 is 1. The van der Waals surface area contributed by atoms with E-state index in [-0.39, 0.29) is 18.0 Å². The van der Waals surface area contributed by atoms with Gasteiger partial charge in [0.1, 0.15) is 11.3 Å². The number of halogens is 1. The summed E-state index contributed by atoms with van der Waals surface area (Å²) in [5.41, 5.74) is 4.55. The molecule has 0 radical (unpaired) electrons. The van der Waals surface area contributed by atoms with Crippen LogP contribution >= 0.6 is 11.6 Å². The number of carbonyl (C=O) groups is 1. The fourth-order valence-electron chi connectivity index (χ4n) is 5.65. The van der Waals surface area contributed by atoms with E-state index in [1.165, 1.54) is 0 Å². The Morgan fingerprint density at radius 2 is 1.83 bits per heavy atom. The first-order valence-corrected chi connectivity index (χ1v) is 12.8. The molecule has 2 fully saturated rings. The largest absolute Gasteiger partial charge is 0.481 e. The average molecular weight is 502 g/mol. The number of imidazole rings is 1. The second-order valence-corrected chi connectivity index (χ2v) is 9.97. The van der Waals surface area contributed by atoms with Gasteiger partial charge in [-0.25, -0.2) is 9.97 Å². The van der Waals surface area contributed by atoms with Gasteiger partial charge < -0.3 is 14.0 Å². The Hall–Kier alpha value is -3.42. The first kappa shape index (κ1) is 23.0. The molecule has 2 aliphatic rings. The second kappa shape index (κ2) is 9.56. The smallest absolute Gasteiger partial charge is 0.273 e. The summed E-state index contributed by atoms with van der Waals surface area (Å²) in [4.78, 5) is 27.4. The lowest BCUT2D eigenvalue weighted by molar-refractivity contribution is 0.0663. The maximum atomic E-state index is 13.5. The lowest BCUT2D eigenvalue weighted by Gasteiger charge is -2.29. The minimum Gasteiger partial charge on any atom is -0.481 e. The standard InChI is InChI=1S/C28H28ClN5O2/c1-36-26-7-4-5-23(30-26)28(35)34-21-12-13-22(34)17-32(16-14-21)18-24-27(19-8-10-20(29)11-9-19)31-25-6-2-3-15-33(24)25/h2-11,15,21-22H,12-14,16-18H2,1H3. The van der Waals surface area contributed by atoms with Gasteiger partial charge in [-0.15, -0.1) is 0 Å². The highest BCUT2D eigenvalue weighted by molar-refractivity contribution is 6.30. The molecule has 4 aromatic rings. The van der Waals surface area contributed by atoms with Gasteiger partial charge >= 0.3 is 0 Å². The lowest BCUT2D eigenvalue weighted by atomic mass is 10.1. The molecule has 0 spiro atoms. The first-order valence-electron chi connectivity index (χ1n) is 12.4. The minimum absolute atomic E-state index is 0.0000872. The van der Waals surface area contributed by atoms with Crippen molar-refractivity contribution in [2.45, 2.75) is 37.9 Å². The highest BCUT2D eigenvalue weighted by Crippen LogP contribution is 2.33. The summed E-state index contributed by atoms with van der Waals surface area (Å²) in [6.07, 6.45) is 5.07. The van der Waals surface area contributed by atoms with Crippen LogP contribution in [0.2, 0.25) is 5.02 Å². The molecule has 2 saturated heterocycles. The molecule has 184 valence electrons. The molecule has 8 heteroatoms. The van der Waals surface area contributed by atoms with Gasteiger partial charge in [-0.05, 0) is 49.6 Å². The normalized spacial score (nSPS) is 20.0. The van der Waals surface area contributed by atoms with E-state index < -0.39 is 0 Å². The van der Waals surface area contributed by atoms with Crippen molar-refractivity contribution in [1.82, 2.24) is 24.2 Å². The molecule has 7 nitrogen and oxygen atoms in total. The Morgan fingerprint density at radius 1 is 1.00 bits per heavy atom. The number of carbonyl (C=O) groups excluding carboxylic acids is 1. The van der Waals surface area contributed by atoms with E-state index in [4.69, 9.17) is 21.3 Å². The number of fused-ring (bicyclic) bond motifs is 3. The van der Waals surface area contributed by atoms with Gasteiger partial charge in [0.15, 0.2) is 0 Å². The van der Waals surface area contributed by atoms with Crippen LogP contribution in [0.1, 0.15) is 35.4 Å². The molecular formula is C28H28ClN5O2. The lowest BCUT2D eigenvalue weighted by Crippen LogP contribution is -2.43. The van der Waals surface area contributed by atoms with Crippen molar-refractivity contribution < 1.29 is 9.53 Å². The molecule has 5 heterocycles. The molecule has 6 rings (SSSR count). The van der Waals surface area contributed by atoms with Gasteiger partial charge in [0, 0.05) is 54.6 Å². The molecule has 0 aliphatic carbocycles. The zero-order chi connectivity index (χ0) is 24.6. The molecule has 2 bridgehead atoms. The van der Waals surface area contributed by atoms with E-state index >= 15 is 0 Å². The van der Waals surface area contributed by atoms with Crippen LogP contribution in [0.5, 0.6) is 5.88 Å². The van der Waals surface area contributed by atoms with Crippen LogP contribution in [0, 0.1) is 0 Å². The van der Waals surface area contributed by atoms with Crippen molar-refractivity contribution in [2.75, 3.05) is 20.2 Å². The third kappa shape index (κ3) is 4.22. The van der Waals surface area contributed by atoms with Crippen molar-refractivity contribution in [2.24, 2.45) is 0 Å². The van der Waals surface area contributed by atoms with Crippen molar-refractivity contribution in [3.63, 3.8) is 0 Å². The van der Waals surface area contributed by atoms with E-state index in [0.717, 1.165) is 61.5 Å². The molecular weight excluding hydrogens is 474 g/mol. The first-order chi connectivity index (χ1) is 17.6. The fraction of sp³-hybridized carbons (Fsp3) is 0.321. The molecule has 36 heavy (non-hydrogen) atoms. The number of benzene rings is 1. The maximum absolute atomic E-state index is 13.5. The summed E-state index contributed by atoms with van der Waals surface area (Å²) < 4.78 is 7.42. The average Bonchev–Trinajstić information content (AvgIpc) is 3.42. The summed E-state index contributed by atoms with van der Waals surface area (Å²) in [5.74, 6) is 0.465. The SMILES string of the molecule is COc1cccc(C(=O)N2C3CCC2CN(Cc2c(-c4ccc(Cl)cc4)nc4ccccn24)CC3)n1. The number of hydrogen-bond donors (Lipinski definition) is 0. The second-order valence-electron chi connectivity index (χ2n) is 9.53. The zero-order valence-corrected chi connectivity index (χ0v) is 20.9. The van der Waals surface area contributed by atoms with Gasteiger partial charge in [-0.3, -0.25) is 9.69 Å². The molecule has 1 aromatic carbocycles. The molecule has 0 saturated carbocycles. The Kier molecular flexibility index (Phi) is 6.11. The number of likely N-dealkylation sites (tertiary alicyclic amines) is 1. The van der Waals surface area contributed by atoms with E-state index in [2.05, 4.69) is 25.4 Å². The van der Waals surface area contributed by atoms with Crippen LogP contribution in [0.4, 0.5) is 0 Å². The Balaban J connectivity index is 1.28. The fourth-order valence-corrected chi connectivity index (χ4v) is 5.77. The highest BCUT2D eigenvalue weighted by Gasteiger charge is 2.41. The van der Waals surface area contributed by atoms with Crippen LogP contribution in [-0.2, 0) is 6.54 Å². The number of ether oxygens (including phenoxy) is 1. The zero-order valence-electron chi connectivity index (χ0n) is 20.2. The van der Waals surface area contributed by atoms with Crippen LogP contribution in [0.25, 0.3) is 16.9 Å². The van der Waals surface area contributed by atoms with Gasteiger partial charge in [-0.2, -0.15) is 0 Å². The summed E-state index contributed by atoms with van der Waals surface area (Å²) in [6, 6.07) is 19.7. The van der Waals surface area contributed by atoms with E-state index in [1.807, 2.05) is 48.5 Å². The Bertz CT molecular complexity index is 1400. The summed E-state index contributed by atoms with van der Waals surface area (Å²) in [5, 5.41) is 0.711. The van der Waals surface area contributed by atoms with E-state index in [9.17, 15) is 4.79 Å². The van der Waals surface area contributed by atoms with Crippen LogP contribution in [-0.4, -0.2) is 62.4 Å². The molecule has 0 N–H and O–H groups in total. The third-order valence-electron chi connectivity index (χ3n) is 7.37. The maximum Gasteiger partial charge on any atom is 0.273 e. The molecule has 1 amide bonds. The van der Waals surface area contributed by atoms with Gasteiger partial charge in [0.25, 0.3) is 5.91 Å². The van der Waals surface area contributed by atoms with Crippen molar-refractivity contribution >= 4 is 23.2 Å². The quantitative estimate of drug-likeness (QED) is 0.387. The van der Waals surface area contributed by atoms with Crippen LogP contribution in [0.15, 0.2) is 66.9 Å². The van der Waals surface area contributed by atoms with Gasteiger partial charge in [0.05, 0.1) is 18.5 Å². The van der Waals surface area contributed by atoms with Gasteiger partial charge in [0.2, 0.25) is 5.88 Å². The summed E-state index contributed by atoms with van der Waals surface area (Å²) >= 11 is 6.15. The minimum atomic E-state index is -0.0000872. The number of rotatable bonds is 5. The van der Waals surface area contributed by atoms with E-state index in [1.54, 1.807) is 19.2 Å². The number of pyridine rings is 2. The van der Waals surface area contributed by atoms with Crippen molar-refractivity contribution in [3.05, 3.63) is 83.3 Å². The molecule has 3 aromatic heterocycles. The van der Waals surface area contributed by atoms with Crippen molar-refractivity contribution in [1.29, 1.82) is 0 Å². The van der Waals surface area contributed by atoms with Crippen LogP contribution < -0.4 is 4.74 Å². The molecule has 2 atom stereocenters. The van der Waals surface area contributed by atoms with Crippen molar-refractivity contribution in [3.8, 4) is 17.1 Å². The Labute approximate surface area is 215 Å². The molecule has 2 unspecified atom stereocenters. The topological polar surface area (TPSA) is 63.0 Å². The Morgan fingerprint density at radius 3 is 2.67 bits per heavy atom. The number of nitrogens with zero attached hydrogens (tertiary/aromatic N) is 5. The predicted octanol–water partition coefficient (Wildman–Crippen LogP) is 4.94. The third-order valence-corrected chi connectivity index (χ3v) is 7.63. The summed E-state index contributed by atoms with van der Waals surface area (Å²) in [6.45, 7) is 2.51. The molecule has 2 aliphatic heterocycles. The number of amides is 1. The monoisotopic (exact) mass is 501 g/mol.